The maximum absolute atomic E-state index is 11.3. The van der Waals surface area contributed by atoms with Crippen LogP contribution in [0.1, 0.15) is 19.8 Å². The number of hydrogen-bond donors (Lipinski definition) is 2. The number of benzene rings is 1. The van der Waals surface area contributed by atoms with Crippen LogP contribution in [0.25, 0.3) is 0 Å². The van der Waals surface area contributed by atoms with Gasteiger partial charge in [-0.25, -0.2) is 0 Å². The van der Waals surface area contributed by atoms with Crippen molar-refractivity contribution in [3.8, 4) is 0 Å². The molecule has 2 N–H and O–H groups in total. The minimum Gasteiger partial charge on any atom is -0.384 e. The Morgan fingerprint density at radius 3 is 2.88 bits per heavy atom. The fourth-order valence-corrected chi connectivity index (χ4v) is 1.46. The lowest BCUT2D eigenvalue weighted by Gasteiger charge is -2.06. The second-order valence-corrected chi connectivity index (χ2v) is 3.97. The van der Waals surface area contributed by atoms with Gasteiger partial charge in [-0.3, -0.25) is 4.79 Å². The van der Waals surface area contributed by atoms with Crippen molar-refractivity contribution in [2.45, 2.75) is 19.8 Å². The lowest BCUT2D eigenvalue weighted by atomic mass is 10.3. The number of nitrogens with one attached hydrogen (secondary N) is 2. The number of amides is 1. The highest BCUT2D eigenvalue weighted by atomic mass is 35.5. The number of anilines is 1. The van der Waals surface area contributed by atoms with Gasteiger partial charge in [0.05, 0.1) is 0 Å². The topological polar surface area (TPSA) is 41.1 Å². The number of carbonyl (C=O) groups excluding carboxylic acids is 1. The van der Waals surface area contributed by atoms with Crippen LogP contribution in [0.3, 0.4) is 0 Å². The zero-order chi connectivity index (χ0) is 11.8. The molecule has 4 heteroatoms. The first-order chi connectivity index (χ1) is 7.72. The van der Waals surface area contributed by atoms with E-state index in [0.29, 0.717) is 18.0 Å². The normalized spacial score (nSPS) is 9.88. The summed E-state index contributed by atoms with van der Waals surface area (Å²) in [5, 5.41) is 6.67. The molecule has 0 saturated carbocycles. The van der Waals surface area contributed by atoms with E-state index in [1.165, 1.54) is 0 Å². The Bertz CT molecular complexity index is 342. The summed E-state index contributed by atoms with van der Waals surface area (Å²) < 4.78 is 0. The van der Waals surface area contributed by atoms with Crippen molar-refractivity contribution in [1.82, 2.24) is 5.32 Å². The Labute approximate surface area is 101 Å². The van der Waals surface area contributed by atoms with E-state index in [1.807, 2.05) is 31.2 Å². The second kappa shape index (κ2) is 7.12. The first-order valence-corrected chi connectivity index (χ1v) is 5.86. The summed E-state index contributed by atoms with van der Waals surface area (Å²) in [7, 11) is 0. The number of hydrogen-bond acceptors (Lipinski definition) is 2. The summed E-state index contributed by atoms with van der Waals surface area (Å²) in [6.45, 7) is 3.40. The molecule has 1 aromatic rings. The van der Waals surface area contributed by atoms with E-state index in [2.05, 4.69) is 10.6 Å². The molecule has 3 nitrogen and oxygen atoms in total. The van der Waals surface area contributed by atoms with Crippen molar-refractivity contribution in [2.24, 2.45) is 0 Å². The number of carbonyl (C=O) groups is 1. The van der Waals surface area contributed by atoms with Crippen LogP contribution in [0, 0.1) is 0 Å². The minimum atomic E-state index is 0.0800. The molecule has 0 atom stereocenters. The summed E-state index contributed by atoms with van der Waals surface area (Å²) in [5.74, 6) is 0.0800. The molecule has 0 radical (unpaired) electrons. The largest absolute Gasteiger partial charge is 0.384 e. The van der Waals surface area contributed by atoms with Crippen molar-refractivity contribution >= 4 is 23.2 Å². The van der Waals surface area contributed by atoms with Crippen LogP contribution < -0.4 is 10.6 Å². The molecule has 0 bridgehead atoms. The number of rotatable bonds is 6. The monoisotopic (exact) mass is 240 g/mol. The highest BCUT2D eigenvalue weighted by molar-refractivity contribution is 6.30. The Kier molecular flexibility index (Phi) is 5.72. The minimum absolute atomic E-state index is 0.0800. The lowest BCUT2D eigenvalue weighted by Crippen LogP contribution is -2.25. The Morgan fingerprint density at radius 2 is 2.19 bits per heavy atom. The zero-order valence-corrected chi connectivity index (χ0v) is 10.2. The van der Waals surface area contributed by atoms with Gasteiger partial charge in [0, 0.05) is 30.2 Å². The average Bonchev–Trinajstić information content (AvgIpc) is 2.26. The molecule has 0 spiro atoms. The molecule has 0 unspecified atom stereocenters. The van der Waals surface area contributed by atoms with Gasteiger partial charge in [-0.05, 0) is 24.6 Å². The molecule has 1 rings (SSSR count). The van der Waals surface area contributed by atoms with E-state index in [9.17, 15) is 4.79 Å². The van der Waals surface area contributed by atoms with Gasteiger partial charge in [-0.1, -0.05) is 24.6 Å². The molecular formula is C12H17ClN2O. The van der Waals surface area contributed by atoms with Crippen LogP contribution in [-0.4, -0.2) is 19.0 Å². The van der Waals surface area contributed by atoms with E-state index >= 15 is 0 Å². The van der Waals surface area contributed by atoms with Gasteiger partial charge < -0.3 is 10.6 Å². The van der Waals surface area contributed by atoms with Crippen LogP contribution in [0.15, 0.2) is 24.3 Å². The van der Waals surface area contributed by atoms with E-state index in [1.54, 1.807) is 0 Å². The van der Waals surface area contributed by atoms with Crippen molar-refractivity contribution in [1.29, 1.82) is 0 Å². The Balaban J connectivity index is 2.22. The van der Waals surface area contributed by atoms with Crippen molar-refractivity contribution in [2.75, 3.05) is 18.4 Å². The summed E-state index contributed by atoms with van der Waals surface area (Å²) in [6, 6.07) is 7.46. The third-order valence-corrected chi connectivity index (χ3v) is 2.31. The van der Waals surface area contributed by atoms with Crippen LogP contribution in [0.2, 0.25) is 5.02 Å². The molecule has 1 aromatic carbocycles. The van der Waals surface area contributed by atoms with E-state index in [4.69, 9.17) is 11.6 Å². The van der Waals surface area contributed by atoms with Crippen molar-refractivity contribution < 1.29 is 4.79 Å². The average molecular weight is 241 g/mol. The van der Waals surface area contributed by atoms with E-state index in [0.717, 1.165) is 18.7 Å². The van der Waals surface area contributed by atoms with Crippen molar-refractivity contribution in [3.05, 3.63) is 29.3 Å². The van der Waals surface area contributed by atoms with Gasteiger partial charge in [0.25, 0.3) is 0 Å². The lowest BCUT2D eigenvalue weighted by molar-refractivity contribution is -0.120. The third kappa shape index (κ3) is 5.03. The zero-order valence-electron chi connectivity index (χ0n) is 9.42. The smallest absolute Gasteiger partial charge is 0.221 e. The summed E-state index contributed by atoms with van der Waals surface area (Å²) in [6.07, 6.45) is 1.44. The van der Waals surface area contributed by atoms with E-state index < -0.39 is 0 Å². The molecule has 0 aliphatic carbocycles. The second-order valence-electron chi connectivity index (χ2n) is 3.54. The quantitative estimate of drug-likeness (QED) is 0.803. The van der Waals surface area contributed by atoms with Crippen molar-refractivity contribution in [3.63, 3.8) is 0 Å². The maximum Gasteiger partial charge on any atom is 0.221 e. The molecule has 0 aliphatic heterocycles. The Hall–Kier alpha value is -1.22. The molecule has 0 aliphatic rings. The Morgan fingerprint density at radius 1 is 1.38 bits per heavy atom. The molecule has 0 saturated heterocycles. The molecule has 0 fully saturated rings. The van der Waals surface area contributed by atoms with Crippen LogP contribution in [0.5, 0.6) is 0 Å². The SMILES string of the molecule is CCCNC(=O)CCNc1cccc(Cl)c1. The highest BCUT2D eigenvalue weighted by Gasteiger charge is 1.99. The van der Waals surface area contributed by atoms with Gasteiger partial charge in [0.2, 0.25) is 5.91 Å². The third-order valence-electron chi connectivity index (χ3n) is 2.08. The number of halogens is 1. The fourth-order valence-electron chi connectivity index (χ4n) is 1.27. The van der Waals surface area contributed by atoms with Gasteiger partial charge in [0.15, 0.2) is 0 Å². The van der Waals surface area contributed by atoms with Crippen LogP contribution in [0.4, 0.5) is 5.69 Å². The molecule has 88 valence electrons. The van der Waals surface area contributed by atoms with Gasteiger partial charge in [-0.15, -0.1) is 0 Å². The fraction of sp³-hybridized carbons (Fsp3) is 0.417. The summed E-state index contributed by atoms with van der Waals surface area (Å²) in [5.41, 5.74) is 0.941. The molecule has 16 heavy (non-hydrogen) atoms. The maximum atomic E-state index is 11.3. The van der Waals surface area contributed by atoms with Crippen LogP contribution in [-0.2, 0) is 4.79 Å². The van der Waals surface area contributed by atoms with E-state index in [-0.39, 0.29) is 5.91 Å². The van der Waals surface area contributed by atoms with Gasteiger partial charge in [-0.2, -0.15) is 0 Å². The standard InChI is InChI=1S/C12H17ClN2O/c1-2-7-15-12(16)6-8-14-11-5-3-4-10(13)9-11/h3-5,9,14H,2,6-8H2,1H3,(H,15,16). The molecule has 0 heterocycles. The van der Waals surface area contributed by atoms with Crippen LogP contribution >= 0.6 is 11.6 Å². The summed E-state index contributed by atoms with van der Waals surface area (Å²) in [4.78, 5) is 11.3. The predicted molar refractivity (Wildman–Crippen MR) is 67.9 cm³/mol. The molecule has 0 aromatic heterocycles. The highest BCUT2D eigenvalue weighted by Crippen LogP contribution is 2.14. The van der Waals surface area contributed by atoms with Gasteiger partial charge in [0.1, 0.15) is 0 Å². The molecular weight excluding hydrogens is 224 g/mol. The first kappa shape index (κ1) is 12.8. The van der Waals surface area contributed by atoms with Gasteiger partial charge >= 0.3 is 0 Å². The predicted octanol–water partition coefficient (Wildman–Crippen LogP) is 2.67. The molecule has 1 amide bonds. The first-order valence-electron chi connectivity index (χ1n) is 5.48. The summed E-state index contributed by atoms with van der Waals surface area (Å²) >= 11 is 5.84.